The number of likely N-dealkylation sites (N-methyl/N-ethyl adjacent to an activating group) is 2. The lowest BCUT2D eigenvalue weighted by Crippen LogP contribution is -2.29. The van der Waals surface area contributed by atoms with E-state index >= 15 is 0 Å². The monoisotopic (exact) mass is 559 g/mol. The Morgan fingerprint density at radius 1 is 1.20 bits per heavy atom. The van der Waals surface area contributed by atoms with Gasteiger partial charge < -0.3 is 34.5 Å². The molecule has 214 valence electrons. The lowest BCUT2D eigenvalue weighted by Gasteiger charge is -2.26. The lowest BCUT2D eigenvalue weighted by atomic mass is 10.1. The topological polar surface area (TPSA) is 96.8 Å². The molecule has 3 heterocycles. The second-order valence-electron chi connectivity index (χ2n) is 10.1. The average Bonchev–Trinajstić information content (AvgIpc) is 3.29. The molecule has 10 nitrogen and oxygen atoms in total. The number of halogens is 1. The van der Waals surface area contributed by atoms with Crippen LogP contribution in [0.2, 0.25) is 0 Å². The van der Waals surface area contributed by atoms with Crippen molar-refractivity contribution < 1.29 is 18.7 Å². The number of methoxy groups -OCH3 is 1. The molecule has 5 rings (SSSR count). The summed E-state index contributed by atoms with van der Waals surface area (Å²) in [7, 11) is 7.56. The van der Waals surface area contributed by atoms with Crippen molar-refractivity contribution in [3.63, 3.8) is 0 Å². The number of rotatable bonds is 10. The summed E-state index contributed by atoms with van der Waals surface area (Å²) in [5, 5.41) is 7.06. The summed E-state index contributed by atoms with van der Waals surface area (Å²) in [6.07, 6.45) is 2.90. The zero-order valence-corrected chi connectivity index (χ0v) is 23.7. The van der Waals surface area contributed by atoms with Gasteiger partial charge >= 0.3 is 0 Å². The van der Waals surface area contributed by atoms with Crippen LogP contribution in [-0.4, -0.2) is 73.3 Å². The van der Waals surface area contributed by atoms with Crippen LogP contribution < -0.4 is 20.3 Å². The standard InChI is InChI=1S/C30H34FN7O3/c1-6-28(39)33-22-16-23(27(40-5)17-25(22)37(4)12-11-36(2)3)35-30-32-10-9-21(34-30)29-20-8-7-19(31)15-24(20)38-13-14-41-18-26(29)38/h6-10,15-17H,1,11-14,18H2,2-5H3,(H,33,39)(H,32,34,35). The van der Waals surface area contributed by atoms with Crippen molar-refractivity contribution in [3.05, 3.63) is 66.8 Å². The van der Waals surface area contributed by atoms with Crippen molar-refractivity contribution >= 4 is 39.8 Å². The maximum Gasteiger partial charge on any atom is 0.247 e. The van der Waals surface area contributed by atoms with E-state index in [2.05, 4.69) is 31.7 Å². The highest BCUT2D eigenvalue weighted by atomic mass is 19.1. The highest BCUT2D eigenvalue weighted by Gasteiger charge is 2.23. The molecule has 0 spiro atoms. The minimum absolute atomic E-state index is 0.289. The van der Waals surface area contributed by atoms with Crippen LogP contribution in [0.3, 0.4) is 0 Å². The molecule has 0 bridgehead atoms. The zero-order chi connectivity index (χ0) is 29.1. The van der Waals surface area contributed by atoms with E-state index in [0.29, 0.717) is 48.5 Å². The number of anilines is 4. The molecule has 0 saturated carbocycles. The number of ether oxygens (including phenoxy) is 2. The molecule has 0 unspecified atom stereocenters. The first-order chi connectivity index (χ1) is 19.8. The maximum absolute atomic E-state index is 14.2. The van der Waals surface area contributed by atoms with Crippen molar-refractivity contribution in [2.45, 2.75) is 13.2 Å². The van der Waals surface area contributed by atoms with Crippen molar-refractivity contribution in [2.24, 2.45) is 0 Å². The van der Waals surface area contributed by atoms with E-state index in [9.17, 15) is 9.18 Å². The first-order valence-corrected chi connectivity index (χ1v) is 13.3. The molecule has 1 aliphatic rings. The van der Waals surface area contributed by atoms with Crippen LogP contribution in [0, 0.1) is 5.82 Å². The summed E-state index contributed by atoms with van der Waals surface area (Å²) < 4.78 is 27.7. The Morgan fingerprint density at radius 2 is 2.02 bits per heavy atom. The number of amides is 1. The molecule has 2 aromatic carbocycles. The van der Waals surface area contributed by atoms with Gasteiger partial charge in [-0.15, -0.1) is 0 Å². The van der Waals surface area contributed by atoms with Crippen molar-refractivity contribution in [1.82, 2.24) is 19.4 Å². The van der Waals surface area contributed by atoms with Crippen LogP contribution in [0.4, 0.5) is 27.4 Å². The Morgan fingerprint density at radius 3 is 2.78 bits per heavy atom. The van der Waals surface area contributed by atoms with Crippen LogP contribution in [0.25, 0.3) is 22.2 Å². The molecule has 4 aromatic rings. The molecule has 0 radical (unpaired) electrons. The fourth-order valence-electron chi connectivity index (χ4n) is 4.98. The van der Waals surface area contributed by atoms with Crippen LogP contribution in [0.5, 0.6) is 5.75 Å². The van der Waals surface area contributed by atoms with E-state index in [4.69, 9.17) is 14.5 Å². The predicted octanol–water partition coefficient (Wildman–Crippen LogP) is 4.64. The number of carbonyl (C=O) groups excluding carboxylic acids is 1. The molecule has 41 heavy (non-hydrogen) atoms. The van der Waals surface area contributed by atoms with E-state index in [-0.39, 0.29) is 11.7 Å². The number of nitrogens with zero attached hydrogens (tertiary/aromatic N) is 5. The van der Waals surface area contributed by atoms with Crippen LogP contribution in [-0.2, 0) is 22.7 Å². The van der Waals surface area contributed by atoms with Crippen LogP contribution in [0.15, 0.2) is 55.3 Å². The molecule has 2 aromatic heterocycles. The van der Waals surface area contributed by atoms with E-state index in [1.807, 2.05) is 38.2 Å². The normalized spacial score (nSPS) is 12.7. The third-order valence-corrected chi connectivity index (χ3v) is 7.05. The van der Waals surface area contributed by atoms with Crippen molar-refractivity contribution in [1.29, 1.82) is 0 Å². The highest BCUT2D eigenvalue weighted by Crippen LogP contribution is 2.39. The van der Waals surface area contributed by atoms with Gasteiger partial charge in [-0.05, 0) is 50.5 Å². The molecule has 11 heteroatoms. The number of benzene rings is 2. The quantitative estimate of drug-likeness (QED) is 0.271. The van der Waals surface area contributed by atoms with E-state index in [0.717, 1.165) is 40.9 Å². The zero-order valence-electron chi connectivity index (χ0n) is 23.7. The molecular weight excluding hydrogens is 525 g/mol. The molecule has 1 amide bonds. The minimum atomic E-state index is -0.328. The number of fused-ring (bicyclic) bond motifs is 3. The lowest BCUT2D eigenvalue weighted by molar-refractivity contribution is -0.111. The summed E-state index contributed by atoms with van der Waals surface area (Å²) in [5.74, 6) is 0.272. The maximum atomic E-state index is 14.2. The summed E-state index contributed by atoms with van der Waals surface area (Å²) in [6.45, 7) is 6.74. The van der Waals surface area contributed by atoms with Crippen molar-refractivity contribution in [2.75, 3.05) is 63.5 Å². The summed E-state index contributed by atoms with van der Waals surface area (Å²) in [4.78, 5) is 25.7. The fraction of sp³-hybridized carbons (Fsp3) is 0.300. The van der Waals surface area contributed by atoms with Crippen molar-refractivity contribution in [3.8, 4) is 17.0 Å². The van der Waals surface area contributed by atoms with Gasteiger partial charge in [0.2, 0.25) is 11.9 Å². The van der Waals surface area contributed by atoms with Gasteiger partial charge in [0.25, 0.3) is 0 Å². The number of carbonyl (C=O) groups is 1. The van der Waals surface area contributed by atoms with Gasteiger partial charge in [0.15, 0.2) is 0 Å². The van der Waals surface area contributed by atoms with Gasteiger partial charge in [0.1, 0.15) is 11.6 Å². The number of hydrogen-bond donors (Lipinski definition) is 2. The van der Waals surface area contributed by atoms with Gasteiger partial charge in [0.05, 0.1) is 54.3 Å². The molecule has 0 fully saturated rings. The smallest absolute Gasteiger partial charge is 0.247 e. The Balaban J connectivity index is 1.54. The summed E-state index contributed by atoms with van der Waals surface area (Å²) in [5.41, 5.74) is 5.26. The largest absolute Gasteiger partial charge is 0.494 e. The third kappa shape index (κ3) is 5.86. The van der Waals surface area contributed by atoms with Gasteiger partial charge in [-0.3, -0.25) is 4.79 Å². The Bertz CT molecular complexity index is 1600. The fourth-order valence-corrected chi connectivity index (χ4v) is 4.98. The SMILES string of the molecule is C=CC(=O)Nc1cc(Nc2nccc(-c3c4n(c5cc(F)ccc35)CCOC4)n2)c(OC)cc1N(C)CCN(C)C. The predicted molar refractivity (Wildman–Crippen MR) is 160 cm³/mol. The molecular formula is C30H34FN7O3. The molecule has 2 N–H and O–H groups in total. The number of hydrogen-bond acceptors (Lipinski definition) is 8. The minimum Gasteiger partial charge on any atom is -0.494 e. The second kappa shape index (κ2) is 11.9. The Kier molecular flexibility index (Phi) is 8.18. The van der Waals surface area contributed by atoms with E-state index in [1.54, 1.807) is 31.5 Å². The summed E-state index contributed by atoms with van der Waals surface area (Å²) in [6, 6.07) is 10.3. The molecule has 0 saturated heterocycles. The van der Waals surface area contributed by atoms with E-state index < -0.39 is 0 Å². The van der Waals surface area contributed by atoms with Gasteiger partial charge in [-0.2, -0.15) is 0 Å². The highest BCUT2D eigenvalue weighted by molar-refractivity contribution is 6.02. The molecule has 0 atom stereocenters. The van der Waals surface area contributed by atoms with Gasteiger partial charge in [-0.1, -0.05) is 6.58 Å². The first kappa shape index (κ1) is 28.1. The van der Waals surface area contributed by atoms with Crippen LogP contribution >= 0.6 is 0 Å². The second-order valence-corrected chi connectivity index (χ2v) is 10.1. The van der Waals surface area contributed by atoms with Gasteiger partial charge in [0, 0.05) is 49.9 Å². The van der Waals surface area contributed by atoms with E-state index in [1.165, 1.54) is 12.1 Å². The number of nitrogens with one attached hydrogen (secondary N) is 2. The van der Waals surface area contributed by atoms with Crippen LogP contribution in [0.1, 0.15) is 5.69 Å². The third-order valence-electron chi connectivity index (χ3n) is 7.05. The summed E-state index contributed by atoms with van der Waals surface area (Å²) >= 11 is 0. The Labute approximate surface area is 238 Å². The van der Waals surface area contributed by atoms with Gasteiger partial charge in [-0.25, -0.2) is 14.4 Å². The molecule has 1 aliphatic heterocycles. The average molecular weight is 560 g/mol. The Hall–Kier alpha value is -4.48. The molecule has 0 aliphatic carbocycles. The first-order valence-electron chi connectivity index (χ1n) is 13.3. The number of aromatic nitrogens is 3.